The fourth-order valence-corrected chi connectivity index (χ4v) is 4.26. The van der Waals surface area contributed by atoms with Crippen LogP contribution in [-0.4, -0.2) is 17.2 Å². The molecule has 1 aromatic rings. The lowest BCUT2D eigenvalue weighted by atomic mass is 9.87. The first-order valence-electron chi connectivity index (χ1n) is 8.66. The summed E-state index contributed by atoms with van der Waals surface area (Å²) in [5.74, 6) is 1.41. The summed E-state index contributed by atoms with van der Waals surface area (Å²) in [5.41, 5.74) is 2.52. The number of ether oxygens (including phenoxy) is 1. The highest BCUT2D eigenvalue weighted by molar-refractivity contribution is 5.91. The van der Waals surface area contributed by atoms with Gasteiger partial charge in [-0.3, -0.25) is 0 Å². The monoisotopic (exact) mass is 328 g/mol. The minimum Gasteiger partial charge on any atom is -0.463 e. The van der Waals surface area contributed by atoms with E-state index in [4.69, 9.17) is 9.15 Å². The Morgan fingerprint density at radius 1 is 1.46 bits per heavy atom. The summed E-state index contributed by atoms with van der Waals surface area (Å²) in [6.07, 6.45) is 3.27. The molecule has 128 valence electrons. The smallest absolute Gasteiger partial charge is 0.334 e. The molecule has 3 heterocycles. The van der Waals surface area contributed by atoms with Gasteiger partial charge in [0.05, 0.1) is 0 Å². The average molecular weight is 328 g/mol. The Kier molecular flexibility index (Phi) is 3.33. The van der Waals surface area contributed by atoms with E-state index in [0.717, 1.165) is 28.9 Å². The van der Waals surface area contributed by atoms with Crippen LogP contribution in [0.3, 0.4) is 0 Å². The van der Waals surface area contributed by atoms with Crippen LogP contribution in [0.25, 0.3) is 0 Å². The van der Waals surface area contributed by atoms with E-state index in [1.54, 1.807) is 0 Å². The number of hydrogen-bond donors (Lipinski definition) is 1. The highest BCUT2D eigenvalue weighted by atomic mass is 16.5. The summed E-state index contributed by atoms with van der Waals surface area (Å²) in [4.78, 5) is 12.2. The fourth-order valence-electron chi connectivity index (χ4n) is 4.26. The summed E-state index contributed by atoms with van der Waals surface area (Å²) >= 11 is 0. The Morgan fingerprint density at radius 2 is 2.21 bits per heavy atom. The van der Waals surface area contributed by atoms with Crippen molar-refractivity contribution in [3.05, 3.63) is 47.0 Å². The van der Waals surface area contributed by atoms with E-state index in [1.165, 1.54) is 0 Å². The van der Waals surface area contributed by atoms with Gasteiger partial charge in [0, 0.05) is 22.8 Å². The number of fused-ring (bicyclic) bond motifs is 6. The Balaban J connectivity index is 1.78. The molecule has 3 aliphatic rings. The van der Waals surface area contributed by atoms with Gasteiger partial charge in [0.1, 0.15) is 23.7 Å². The van der Waals surface area contributed by atoms with E-state index in [1.807, 2.05) is 26.0 Å². The lowest BCUT2D eigenvalue weighted by Crippen LogP contribution is -2.20. The molecule has 0 spiro atoms. The molecular weight excluding hydrogens is 304 g/mol. The zero-order chi connectivity index (χ0) is 17.2. The molecule has 1 fully saturated rings. The summed E-state index contributed by atoms with van der Waals surface area (Å²) in [6.45, 7) is 10.1. The predicted molar refractivity (Wildman–Crippen MR) is 89.4 cm³/mol. The van der Waals surface area contributed by atoms with Crippen molar-refractivity contribution >= 4 is 5.97 Å². The van der Waals surface area contributed by atoms with Crippen molar-refractivity contribution in [3.8, 4) is 0 Å². The van der Waals surface area contributed by atoms with Gasteiger partial charge in [0.15, 0.2) is 0 Å². The third kappa shape index (κ3) is 2.20. The molecule has 1 N–H and O–H groups in total. The second kappa shape index (κ2) is 5.09. The molecule has 4 heteroatoms. The third-order valence-electron chi connectivity index (χ3n) is 6.10. The number of aryl methyl sites for hydroxylation is 1. The second-order valence-corrected chi connectivity index (χ2v) is 7.91. The number of furan rings is 1. The molecule has 4 rings (SSSR count). The molecule has 0 saturated heterocycles. The number of aliphatic hydroxyl groups is 1. The zero-order valence-electron chi connectivity index (χ0n) is 14.5. The SMILES string of the molecule is C=C(C)[C@@H]1CCC2=C[C@H](OC2=O)[C@]2(C)C[C@H]2c2cc(C)c(o2)[C@@H]1O. The van der Waals surface area contributed by atoms with E-state index in [-0.39, 0.29) is 29.3 Å². The molecule has 1 aliphatic carbocycles. The minimum atomic E-state index is -0.727. The zero-order valence-corrected chi connectivity index (χ0v) is 14.5. The van der Waals surface area contributed by atoms with E-state index >= 15 is 0 Å². The second-order valence-electron chi connectivity index (χ2n) is 7.91. The van der Waals surface area contributed by atoms with Crippen LogP contribution in [-0.2, 0) is 9.53 Å². The van der Waals surface area contributed by atoms with E-state index in [0.29, 0.717) is 18.6 Å². The van der Waals surface area contributed by atoms with E-state index in [2.05, 4.69) is 13.5 Å². The number of carbonyl (C=O) groups excluding carboxylic acids is 1. The number of carbonyl (C=O) groups is 1. The summed E-state index contributed by atoms with van der Waals surface area (Å²) in [5, 5.41) is 10.9. The van der Waals surface area contributed by atoms with Crippen LogP contribution < -0.4 is 0 Å². The van der Waals surface area contributed by atoms with Crippen molar-refractivity contribution < 1.29 is 19.1 Å². The topological polar surface area (TPSA) is 59.7 Å². The van der Waals surface area contributed by atoms with Gasteiger partial charge in [0.2, 0.25) is 0 Å². The lowest BCUT2D eigenvalue weighted by Gasteiger charge is -2.22. The Morgan fingerprint density at radius 3 is 2.92 bits per heavy atom. The molecule has 1 aromatic heterocycles. The minimum absolute atomic E-state index is 0.100. The maximum absolute atomic E-state index is 12.2. The molecule has 2 aliphatic heterocycles. The normalized spacial score (nSPS) is 37.7. The number of rotatable bonds is 1. The molecule has 24 heavy (non-hydrogen) atoms. The van der Waals surface area contributed by atoms with Gasteiger partial charge in [-0.2, -0.15) is 0 Å². The van der Waals surface area contributed by atoms with Crippen LogP contribution >= 0.6 is 0 Å². The van der Waals surface area contributed by atoms with Crippen molar-refractivity contribution in [2.24, 2.45) is 11.3 Å². The van der Waals surface area contributed by atoms with Crippen LogP contribution in [0, 0.1) is 18.3 Å². The summed E-state index contributed by atoms with van der Waals surface area (Å²) in [7, 11) is 0. The first-order valence-corrected chi connectivity index (χ1v) is 8.66. The maximum atomic E-state index is 12.2. The first kappa shape index (κ1) is 15.7. The van der Waals surface area contributed by atoms with E-state index in [9.17, 15) is 9.90 Å². The Hall–Kier alpha value is -1.81. The van der Waals surface area contributed by atoms with E-state index < -0.39 is 6.10 Å². The molecule has 0 radical (unpaired) electrons. The van der Waals surface area contributed by atoms with Gasteiger partial charge in [0.25, 0.3) is 0 Å². The Bertz CT molecular complexity index is 756. The first-order chi connectivity index (χ1) is 11.3. The Labute approximate surface area is 142 Å². The van der Waals surface area contributed by atoms with Crippen molar-refractivity contribution in [3.63, 3.8) is 0 Å². The van der Waals surface area contributed by atoms with Crippen molar-refractivity contribution in [1.82, 2.24) is 0 Å². The predicted octanol–water partition coefficient (Wildman–Crippen LogP) is 3.95. The summed E-state index contributed by atoms with van der Waals surface area (Å²) < 4.78 is 11.7. The number of esters is 1. The van der Waals surface area contributed by atoms with Gasteiger partial charge in [-0.15, -0.1) is 0 Å². The largest absolute Gasteiger partial charge is 0.463 e. The molecular formula is C20H24O4. The number of hydrogen-bond acceptors (Lipinski definition) is 4. The van der Waals surface area contributed by atoms with Crippen LogP contribution in [0.5, 0.6) is 0 Å². The molecule has 0 unspecified atom stereocenters. The van der Waals surface area contributed by atoms with Gasteiger partial charge in [-0.05, 0) is 50.8 Å². The molecule has 1 saturated carbocycles. The van der Waals surface area contributed by atoms with Crippen LogP contribution in [0.4, 0.5) is 0 Å². The van der Waals surface area contributed by atoms with Crippen molar-refractivity contribution in [1.29, 1.82) is 0 Å². The van der Waals surface area contributed by atoms with Crippen molar-refractivity contribution in [2.45, 2.75) is 58.2 Å². The third-order valence-corrected chi connectivity index (χ3v) is 6.10. The molecule has 4 bridgehead atoms. The fraction of sp³-hybridized carbons (Fsp3) is 0.550. The molecule has 4 nitrogen and oxygen atoms in total. The maximum Gasteiger partial charge on any atom is 0.334 e. The highest BCUT2D eigenvalue weighted by Crippen LogP contribution is 2.63. The molecule has 5 atom stereocenters. The average Bonchev–Trinajstić information content (AvgIpc) is 2.86. The standard InChI is InChI=1S/C20H24O4/c1-10(2)13-6-5-12-8-16(24-19(12)22)20(4)9-14(20)15-7-11(3)18(23-15)17(13)21/h7-8,13-14,16-17,21H,1,5-6,9H2,2-4H3/t13-,14-,16-,17+,20+/m0/s1. The highest BCUT2D eigenvalue weighted by Gasteiger charge is 2.60. The lowest BCUT2D eigenvalue weighted by molar-refractivity contribution is -0.142. The van der Waals surface area contributed by atoms with Crippen LogP contribution in [0.15, 0.2) is 34.3 Å². The number of aliphatic hydroxyl groups excluding tert-OH is 1. The van der Waals surface area contributed by atoms with Gasteiger partial charge in [-0.25, -0.2) is 4.79 Å². The van der Waals surface area contributed by atoms with Crippen molar-refractivity contribution in [2.75, 3.05) is 0 Å². The van der Waals surface area contributed by atoms with Crippen LogP contribution in [0.2, 0.25) is 0 Å². The summed E-state index contributed by atoms with van der Waals surface area (Å²) in [6, 6.07) is 2.03. The van der Waals surface area contributed by atoms with Gasteiger partial charge < -0.3 is 14.3 Å². The van der Waals surface area contributed by atoms with Gasteiger partial charge in [-0.1, -0.05) is 19.1 Å². The quantitative estimate of drug-likeness (QED) is 0.626. The molecule has 0 amide bonds. The van der Waals surface area contributed by atoms with Gasteiger partial charge >= 0.3 is 5.97 Å². The van der Waals surface area contributed by atoms with Crippen LogP contribution in [0.1, 0.15) is 62.2 Å². The molecule has 0 aromatic carbocycles.